The maximum Gasteiger partial charge on any atom is 0.244 e. The molecule has 0 saturated carbocycles. The van der Waals surface area contributed by atoms with Gasteiger partial charge in [-0.15, -0.1) is 5.10 Å². The maximum absolute atomic E-state index is 9.54. The van der Waals surface area contributed by atoms with Gasteiger partial charge < -0.3 is 15.2 Å². The van der Waals surface area contributed by atoms with Gasteiger partial charge in [-0.25, -0.2) is 0 Å². The Kier molecular flexibility index (Phi) is 3.57. The zero-order chi connectivity index (χ0) is 15.7. The third kappa shape index (κ3) is 2.12. The van der Waals surface area contributed by atoms with Crippen molar-refractivity contribution in [2.45, 2.75) is 19.4 Å². The monoisotopic (exact) mass is 296 g/mol. The van der Waals surface area contributed by atoms with Crippen molar-refractivity contribution in [1.82, 2.24) is 10.2 Å². The molecule has 22 heavy (non-hydrogen) atoms. The molecule has 112 valence electrons. The number of aryl methyl sites for hydroxylation is 1. The van der Waals surface area contributed by atoms with E-state index in [1.54, 1.807) is 7.11 Å². The van der Waals surface area contributed by atoms with E-state index in [9.17, 15) is 5.26 Å². The predicted molar refractivity (Wildman–Crippen MR) is 79.8 cm³/mol. The van der Waals surface area contributed by atoms with Crippen LogP contribution in [0.5, 0.6) is 5.88 Å². The number of aromatic nitrogens is 2. The Morgan fingerprint density at radius 1 is 1.45 bits per heavy atom. The molecule has 0 saturated heterocycles. The number of hydrogen-bond acceptors (Lipinski definition) is 5. The van der Waals surface area contributed by atoms with Gasteiger partial charge in [-0.1, -0.05) is 24.3 Å². The minimum Gasteiger partial charge on any atom is -0.420 e. The lowest BCUT2D eigenvalue weighted by molar-refractivity contribution is 0.180. The quantitative estimate of drug-likeness (QED) is 0.903. The molecule has 2 heterocycles. The summed E-state index contributed by atoms with van der Waals surface area (Å²) in [5.74, 6) is 0.189. The van der Waals surface area contributed by atoms with Crippen molar-refractivity contribution in [3.63, 3.8) is 0 Å². The molecule has 0 fully saturated rings. The minimum atomic E-state index is -0.307. The number of nitriles is 1. The summed E-state index contributed by atoms with van der Waals surface area (Å²) >= 11 is 0. The molecule has 1 unspecified atom stereocenters. The molecule has 3 rings (SSSR count). The molecule has 1 atom stereocenters. The highest BCUT2D eigenvalue weighted by molar-refractivity contribution is 5.56. The Labute approximate surface area is 128 Å². The molecule has 2 aromatic rings. The summed E-state index contributed by atoms with van der Waals surface area (Å²) < 4.78 is 10.7. The van der Waals surface area contributed by atoms with Crippen molar-refractivity contribution in [2.75, 3.05) is 7.11 Å². The van der Waals surface area contributed by atoms with E-state index in [0.717, 1.165) is 22.4 Å². The van der Waals surface area contributed by atoms with Crippen molar-refractivity contribution in [3.8, 4) is 11.9 Å². The number of H-pyrrole nitrogens is 1. The molecule has 1 aromatic carbocycles. The summed E-state index contributed by atoms with van der Waals surface area (Å²) in [5.41, 5.74) is 9.97. The summed E-state index contributed by atoms with van der Waals surface area (Å²) in [5, 5.41) is 16.6. The van der Waals surface area contributed by atoms with Crippen LogP contribution >= 0.6 is 0 Å². The molecular weight excluding hydrogens is 280 g/mol. The number of hydrogen-bond donors (Lipinski definition) is 2. The van der Waals surface area contributed by atoms with Gasteiger partial charge in [-0.2, -0.15) is 5.26 Å². The van der Waals surface area contributed by atoms with Gasteiger partial charge in [0.05, 0.1) is 23.8 Å². The van der Waals surface area contributed by atoms with E-state index in [-0.39, 0.29) is 11.8 Å². The normalized spacial score (nSPS) is 16.9. The number of methoxy groups -OCH3 is 1. The molecule has 6 nitrogen and oxygen atoms in total. The van der Waals surface area contributed by atoms with Crippen molar-refractivity contribution in [1.29, 1.82) is 5.26 Å². The lowest BCUT2D eigenvalue weighted by Gasteiger charge is -2.25. The number of rotatable bonds is 3. The lowest BCUT2D eigenvalue weighted by Crippen LogP contribution is -2.21. The molecule has 1 aliphatic rings. The van der Waals surface area contributed by atoms with Gasteiger partial charge in [-0.3, -0.25) is 5.10 Å². The van der Waals surface area contributed by atoms with Crippen molar-refractivity contribution in [3.05, 3.63) is 58.1 Å². The summed E-state index contributed by atoms with van der Waals surface area (Å²) in [4.78, 5) is 0. The Hall–Kier alpha value is -2.78. The first-order chi connectivity index (χ1) is 10.7. The Bertz CT molecular complexity index is 786. The number of nitrogens with one attached hydrogen (secondary N) is 1. The van der Waals surface area contributed by atoms with E-state index in [4.69, 9.17) is 15.2 Å². The van der Waals surface area contributed by atoms with E-state index >= 15 is 0 Å². The van der Waals surface area contributed by atoms with Crippen LogP contribution in [0.3, 0.4) is 0 Å². The topological polar surface area (TPSA) is 97.0 Å². The van der Waals surface area contributed by atoms with E-state index in [1.807, 2.05) is 31.2 Å². The molecule has 0 bridgehead atoms. The Morgan fingerprint density at radius 3 is 2.91 bits per heavy atom. The van der Waals surface area contributed by atoms with Gasteiger partial charge in [0, 0.05) is 7.11 Å². The number of fused-ring (bicyclic) bond motifs is 1. The second-order valence-corrected chi connectivity index (χ2v) is 5.14. The average molecular weight is 296 g/mol. The first kappa shape index (κ1) is 14.2. The molecule has 3 N–H and O–H groups in total. The zero-order valence-electron chi connectivity index (χ0n) is 12.4. The van der Waals surface area contributed by atoms with Gasteiger partial charge in [-0.05, 0) is 18.1 Å². The molecule has 0 aliphatic carbocycles. The van der Waals surface area contributed by atoms with Crippen molar-refractivity contribution >= 4 is 0 Å². The third-order valence-electron chi connectivity index (χ3n) is 3.81. The number of ether oxygens (including phenoxy) is 2. The van der Waals surface area contributed by atoms with Gasteiger partial charge in [0.2, 0.25) is 11.8 Å². The second-order valence-electron chi connectivity index (χ2n) is 5.14. The first-order valence-corrected chi connectivity index (χ1v) is 6.86. The van der Waals surface area contributed by atoms with Crippen molar-refractivity contribution < 1.29 is 9.47 Å². The van der Waals surface area contributed by atoms with Gasteiger partial charge in [0.15, 0.2) is 0 Å². The molecule has 1 aliphatic heterocycles. The van der Waals surface area contributed by atoms with Crippen LogP contribution in [0, 0.1) is 18.3 Å². The molecular formula is C16H16N4O2. The van der Waals surface area contributed by atoms with Crippen LogP contribution in [-0.2, 0) is 11.3 Å². The minimum absolute atomic E-state index is 0.0960. The summed E-state index contributed by atoms with van der Waals surface area (Å²) in [6.45, 7) is 2.36. The van der Waals surface area contributed by atoms with Crippen LogP contribution in [-0.4, -0.2) is 17.3 Å². The Morgan fingerprint density at radius 2 is 2.23 bits per heavy atom. The summed E-state index contributed by atoms with van der Waals surface area (Å²) in [7, 11) is 1.61. The SMILES string of the molecule is COCc1[nH]nc2c1C(c1ccccc1C)C(C#N)=C(N)O2. The molecule has 0 radical (unpaired) electrons. The fourth-order valence-electron chi connectivity index (χ4n) is 2.78. The highest BCUT2D eigenvalue weighted by atomic mass is 16.5. The smallest absolute Gasteiger partial charge is 0.244 e. The number of nitrogens with two attached hydrogens (primary N) is 1. The van der Waals surface area contributed by atoms with Crippen LogP contribution < -0.4 is 10.5 Å². The summed E-state index contributed by atoms with van der Waals surface area (Å²) in [6.07, 6.45) is 0. The van der Waals surface area contributed by atoms with Gasteiger partial charge in [0.1, 0.15) is 11.6 Å². The molecule has 1 aromatic heterocycles. The van der Waals surface area contributed by atoms with Crippen LogP contribution in [0.25, 0.3) is 0 Å². The maximum atomic E-state index is 9.54. The largest absolute Gasteiger partial charge is 0.420 e. The highest BCUT2D eigenvalue weighted by Crippen LogP contribution is 2.43. The van der Waals surface area contributed by atoms with E-state index in [2.05, 4.69) is 16.3 Å². The molecule has 6 heteroatoms. The fourth-order valence-corrected chi connectivity index (χ4v) is 2.78. The average Bonchev–Trinajstić information content (AvgIpc) is 2.89. The summed E-state index contributed by atoms with van der Waals surface area (Å²) in [6, 6.07) is 10.1. The van der Waals surface area contributed by atoms with Gasteiger partial charge in [0.25, 0.3) is 0 Å². The van der Waals surface area contributed by atoms with E-state index in [1.165, 1.54) is 0 Å². The van der Waals surface area contributed by atoms with E-state index < -0.39 is 0 Å². The molecule has 0 spiro atoms. The third-order valence-corrected chi connectivity index (χ3v) is 3.81. The van der Waals surface area contributed by atoms with Crippen LogP contribution in [0.2, 0.25) is 0 Å². The Balaban J connectivity index is 2.24. The van der Waals surface area contributed by atoms with Crippen LogP contribution in [0.4, 0.5) is 0 Å². The van der Waals surface area contributed by atoms with E-state index in [0.29, 0.717) is 18.1 Å². The number of benzene rings is 1. The standard InChI is InChI=1S/C16H16N4O2/c1-9-5-3-4-6-10(9)13-11(7-17)15(18)22-16-14(13)12(8-21-2)19-20-16/h3-6,13H,8,18H2,1-2H3,(H,19,20). The highest BCUT2D eigenvalue weighted by Gasteiger charge is 2.35. The molecule has 0 amide bonds. The van der Waals surface area contributed by atoms with Crippen LogP contribution in [0.15, 0.2) is 35.7 Å². The lowest BCUT2D eigenvalue weighted by atomic mass is 9.82. The van der Waals surface area contributed by atoms with Crippen LogP contribution in [0.1, 0.15) is 28.3 Å². The number of aromatic amines is 1. The van der Waals surface area contributed by atoms with Gasteiger partial charge >= 0.3 is 0 Å². The fraction of sp³-hybridized carbons (Fsp3) is 0.250. The zero-order valence-corrected chi connectivity index (χ0v) is 12.4. The number of allylic oxidation sites excluding steroid dienone is 1. The first-order valence-electron chi connectivity index (χ1n) is 6.86. The number of nitrogens with zero attached hydrogens (tertiary/aromatic N) is 2. The predicted octanol–water partition coefficient (Wildman–Crippen LogP) is 2.08. The second kappa shape index (κ2) is 5.54. The van der Waals surface area contributed by atoms with Crippen molar-refractivity contribution in [2.24, 2.45) is 5.73 Å².